The van der Waals surface area contributed by atoms with Crippen molar-refractivity contribution in [3.63, 3.8) is 0 Å². The Labute approximate surface area is 106 Å². The number of ether oxygens (including phenoxy) is 1. The van der Waals surface area contributed by atoms with E-state index >= 15 is 0 Å². The molecule has 1 aromatic heterocycles. The number of nitrogens with zero attached hydrogens (tertiary/aromatic N) is 3. The molecule has 17 heavy (non-hydrogen) atoms. The molecule has 6 heteroatoms. The monoisotopic (exact) mass is 293 g/mol. The van der Waals surface area contributed by atoms with Gasteiger partial charge in [0, 0.05) is 4.47 Å². The fraction of sp³-hybridized carbons (Fsp3) is 0.182. The van der Waals surface area contributed by atoms with Crippen molar-refractivity contribution >= 4 is 15.9 Å². The predicted octanol–water partition coefficient (Wildman–Crippen LogP) is 2.59. The van der Waals surface area contributed by atoms with Gasteiger partial charge in [0.25, 0.3) is 5.89 Å². The summed E-state index contributed by atoms with van der Waals surface area (Å²) < 4.78 is 11.2. The maximum atomic E-state index is 8.94. The highest BCUT2D eigenvalue weighted by Crippen LogP contribution is 2.23. The third-order valence-corrected chi connectivity index (χ3v) is 2.48. The van der Waals surface area contributed by atoms with E-state index in [0.29, 0.717) is 23.0 Å². The van der Waals surface area contributed by atoms with Crippen LogP contribution in [0.4, 0.5) is 0 Å². The van der Waals surface area contributed by atoms with Crippen molar-refractivity contribution in [2.45, 2.75) is 13.5 Å². The lowest BCUT2D eigenvalue weighted by molar-refractivity contribution is 0.242. The predicted molar refractivity (Wildman–Crippen MR) is 62.2 cm³/mol. The summed E-state index contributed by atoms with van der Waals surface area (Å²) in [7, 11) is 0. The minimum Gasteiger partial charge on any atom is -0.482 e. The van der Waals surface area contributed by atoms with Gasteiger partial charge in [-0.05, 0) is 25.1 Å². The zero-order chi connectivity index (χ0) is 12.3. The topological polar surface area (TPSA) is 71.9 Å². The van der Waals surface area contributed by atoms with Gasteiger partial charge in [-0.15, -0.1) is 0 Å². The minimum atomic E-state index is 0.150. The molecule has 0 unspecified atom stereocenters. The average Bonchev–Trinajstić information content (AvgIpc) is 2.73. The van der Waals surface area contributed by atoms with Gasteiger partial charge in [0.1, 0.15) is 11.8 Å². The summed E-state index contributed by atoms with van der Waals surface area (Å²) in [6.45, 7) is 1.88. The van der Waals surface area contributed by atoms with Crippen LogP contribution in [0.1, 0.15) is 17.3 Å². The molecule has 0 fully saturated rings. The molecule has 1 heterocycles. The standard InChI is InChI=1S/C11H8BrN3O2/c1-7-14-11(17-15-7)6-16-10-3-2-9(12)4-8(10)5-13/h2-4H,6H2,1H3. The Morgan fingerprint density at radius 1 is 1.53 bits per heavy atom. The third kappa shape index (κ3) is 2.82. The quantitative estimate of drug-likeness (QED) is 0.870. The van der Waals surface area contributed by atoms with Crippen molar-refractivity contribution in [1.29, 1.82) is 5.26 Å². The lowest BCUT2D eigenvalue weighted by Gasteiger charge is -2.05. The largest absolute Gasteiger partial charge is 0.482 e. The molecule has 0 aliphatic heterocycles. The SMILES string of the molecule is Cc1noc(COc2ccc(Br)cc2C#N)n1. The molecular formula is C11H8BrN3O2. The molecule has 0 atom stereocenters. The van der Waals surface area contributed by atoms with Crippen molar-refractivity contribution < 1.29 is 9.26 Å². The smallest absolute Gasteiger partial charge is 0.264 e. The van der Waals surface area contributed by atoms with Gasteiger partial charge in [-0.1, -0.05) is 21.1 Å². The van der Waals surface area contributed by atoms with Gasteiger partial charge in [-0.25, -0.2) is 0 Å². The Bertz CT molecular complexity index is 574. The first-order chi connectivity index (χ1) is 8.19. The average molecular weight is 294 g/mol. The second-order valence-corrected chi connectivity index (χ2v) is 4.19. The van der Waals surface area contributed by atoms with Gasteiger partial charge < -0.3 is 9.26 Å². The normalized spacial score (nSPS) is 9.94. The van der Waals surface area contributed by atoms with Crippen molar-refractivity contribution in [1.82, 2.24) is 10.1 Å². The van der Waals surface area contributed by atoms with Crippen LogP contribution in [0, 0.1) is 18.3 Å². The van der Waals surface area contributed by atoms with Gasteiger partial charge in [-0.3, -0.25) is 0 Å². The van der Waals surface area contributed by atoms with Crippen LogP contribution in [0.25, 0.3) is 0 Å². The van der Waals surface area contributed by atoms with Crippen LogP contribution in [0.5, 0.6) is 5.75 Å². The van der Waals surface area contributed by atoms with E-state index in [9.17, 15) is 0 Å². The molecule has 0 bridgehead atoms. The molecule has 0 radical (unpaired) electrons. The zero-order valence-electron chi connectivity index (χ0n) is 8.98. The Kier molecular flexibility index (Phi) is 3.40. The highest BCUT2D eigenvalue weighted by molar-refractivity contribution is 9.10. The van der Waals surface area contributed by atoms with E-state index in [-0.39, 0.29) is 6.61 Å². The minimum absolute atomic E-state index is 0.150. The summed E-state index contributed by atoms with van der Waals surface area (Å²) in [4.78, 5) is 4.00. The summed E-state index contributed by atoms with van der Waals surface area (Å²) in [5.74, 6) is 1.43. The number of aromatic nitrogens is 2. The number of rotatable bonds is 3. The second-order valence-electron chi connectivity index (χ2n) is 3.28. The number of hydrogen-bond acceptors (Lipinski definition) is 5. The van der Waals surface area contributed by atoms with Gasteiger partial charge >= 0.3 is 0 Å². The van der Waals surface area contributed by atoms with E-state index in [0.717, 1.165) is 4.47 Å². The Balaban J connectivity index is 2.12. The molecule has 86 valence electrons. The van der Waals surface area contributed by atoms with E-state index in [2.05, 4.69) is 32.1 Å². The molecule has 0 aliphatic rings. The van der Waals surface area contributed by atoms with Crippen LogP contribution in [0.15, 0.2) is 27.2 Å². The van der Waals surface area contributed by atoms with Crippen molar-refractivity contribution in [3.05, 3.63) is 40.0 Å². The Morgan fingerprint density at radius 2 is 2.35 bits per heavy atom. The van der Waals surface area contributed by atoms with Gasteiger partial charge in [0.15, 0.2) is 12.4 Å². The molecule has 0 aliphatic carbocycles. The molecular weight excluding hydrogens is 286 g/mol. The summed E-state index contributed by atoms with van der Waals surface area (Å²) >= 11 is 3.29. The maximum absolute atomic E-state index is 8.94. The lowest BCUT2D eigenvalue weighted by atomic mass is 10.2. The summed E-state index contributed by atoms with van der Waals surface area (Å²) in [5, 5.41) is 12.6. The molecule has 2 rings (SSSR count). The van der Waals surface area contributed by atoms with Gasteiger partial charge in [0.05, 0.1) is 5.56 Å². The van der Waals surface area contributed by atoms with Crippen molar-refractivity contribution in [2.24, 2.45) is 0 Å². The number of hydrogen-bond donors (Lipinski definition) is 0. The van der Waals surface area contributed by atoms with Crippen LogP contribution in [-0.4, -0.2) is 10.1 Å². The van der Waals surface area contributed by atoms with Gasteiger partial charge in [0.2, 0.25) is 0 Å². The molecule has 5 nitrogen and oxygen atoms in total. The fourth-order valence-electron chi connectivity index (χ4n) is 1.25. The molecule has 2 aromatic rings. The Morgan fingerprint density at radius 3 is 3.00 bits per heavy atom. The first-order valence-corrected chi connectivity index (χ1v) is 5.60. The van der Waals surface area contributed by atoms with Crippen LogP contribution in [-0.2, 0) is 6.61 Å². The molecule has 0 amide bonds. The van der Waals surface area contributed by atoms with Crippen LogP contribution in [0.3, 0.4) is 0 Å². The van der Waals surface area contributed by atoms with E-state index in [1.54, 1.807) is 25.1 Å². The van der Waals surface area contributed by atoms with Crippen molar-refractivity contribution in [2.75, 3.05) is 0 Å². The number of nitriles is 1. The molecule has 0 saturated heterocycles. The summed E-state index contributed by atoms with van der Waals surface area (Å²) in [6, 6.07) is 7.26. The van der Waals surface area contributed by atoms with Crippen LogP contribution in [0.2, 0.25) is 0 Å². The summed E-state index contributed by atoms with van der Waals surface area (Å²) in [5.41, 5.74) is 0.454. The molecule has 0 saturated carbocycles. The second kappa shape index (κ2) is 4.97. The summed E-state index contributed by atoms with van der Waals surface area (Å²) in [6.07, 6.45) is 0. The fourth-order valence-corrected chi connectivity index (χ4v) is 1.61. The van der Waals surface area contributed by atoms with Crippen molar-refractivity contribution in [3.8, 4) is 11.8 Å². The highest BCUT2D eigenvalue weighted by Gasteiger charge is 2.07. The first kappa shape index (κ1) is 11.6. The van der Waals surface area contributed by atoms with Gasteiger partial charge in [-0.2, -0.15) is 10.2 Å². The number of aryl methyl sites for hydroxylation is 1. The van der Waals surface area contributed by atoms with E-state index in [1.807, 2.05) is 0 Å². The molecule has 0 N–H and O–H groups in total. The number of halogens is 1. The van der Waals surface area contributed by atoms with Crippen LogP contribution >= 0.6 is 15.9 Å². The first-order valence-electron chi connectivity index (χ1n) is 4.80. The lowest BCUT2D eigenvalue weighted by Crippen LogP contribution is -1.97. The van der Waals surface area contributed by atoms with E-state index in [1.165, 1.54) is 0 Å². The molecule has 0 spiro atoms. The van der Waals surface area contributed by atoms with E-state index in [4.69, 9.17) is 14.5 Å². The maximum Gasteiger partial charge on any atom is 0.264 e. The Hall–Kier alpha value is -1.87. The molecule has 1 aromatic carbocycles. The van der Waals surface area contributed by atoms with Crippen LogP contribution < -0.4 is 4.74 Å². The third-order valence-electron chi connectivity index (χ3n) is 1.98. The number of benzene rings is 1. The zero-order valence-corrected chi connectivity index (χ0v) is 10.6. The van der Waals surface area contributed by atoms with E-state index < -0.39 is 0 Å². The highest BCUT2D eigenvalue weighted by atomic mass is 79.9.